The standard InChI is InChI=1S/C12H20N2O5/c1-6(16)14-7-8-9(18-11(2,3)17-8)12(5-15)4-13-10(7)19-12/h7-10,13,15H,4-5H2,1-3H3,(H,14,16)/t7-,8+,9+,10?,12?/m0/s1. The molecule has 3 heterocycles. The molecule has 3 fully saturated rings. The van der Waals surface area contributed by atoms with Crippen LogP contribution in [0.3, 0.4) is 0 Å². The molecule has 19 heavy (non-hydrogen) atoms. The second kappa shape index (κ2) is 4.13. The molecule has 7 nitrogen and oxygen atoms in total. The highest BCUT2D eigenvalue weighted by atomic mass is 16.8. The molecule has 2 bridgehead atoms. The third-order valence-electron chi connectivity index (χ3n) is 3.93. The van der Waals surface area contributed by atoms with Gasteiger partial charge in [0.05, 0.1) is 12.6 Å². The molecular weight excluding hydrogens is 252 g/mol. The second-order valence-corrected chi connectivity index (χ2v) is 5.89. The fourth-order valence-corrected chi connectivity index (χ4v) is 3.18. The van der Waals surface area contributed by atoms with Crippen LogP contribution in [0.25, 0.3) is 0 Å². The molecule has 0 radical (unpaired) electrons. The Hall–Kier alpha value is -0.730. The van der Waals surface area contributed by atoms with Crippen molar-refractivity contribution >= 4 is 5.91 Å². The zero-order valence-electron chi connectivity index (χ0n) is 11.3. The lowest BCUT2D eigenvalue weighted by atomic mass is 9.88. The van der Waals surface area contributed by atoms with Gasteiger partial charge < -0.3 is 24.6 Å². The number of nitrogens with one attached hydrogen (secondary N) is 2. The predicted octanol–water partition coefficient (Wildman–Crippen LogP) is -1.30. The van der Waals surface area contributed by atoms with E-state index in [0.717, 1.165) is 0 Å². The van der Waals surface area contributed by atoms with E-state index < -0.39 is 17.5 Å². The summed E-state index contributed by atoms with van der Waals surface area (Å²) in [6, 6.07) is -0.327. The predicted molar refractivity (Wildman–Crippen MR) is 64.1 cm³/mol. The van der Waals surface area contributed by atoms with Gasteiger partial charge in [0.15, 0.2) is 5.79 Å². The van der Waals surface area contributed by atoms with Crippen molar-refractivity contribution in [3.63, 3.8) is 0 Å². The van der Waals surface area contributed by atoms with Crippen LogP contribution in [-0.2, 0) is 19.0 Å². The van der Waals surface area contributed by atoms with E-state index in [2.05, 4.69) is 10.6 Å². The molecule has 0 aromatic carbocycles. The average molecular weight is 272 g/mol. The molecule has 5 atom stereocenters. The molecule has 3 N–H and O–H groups in total. The number of ether oxygens (including phenoxy) is 3. The highest BCUT2D eigenvalue weighted by Gasteiger charge is 2.64. The molecule has 0 saturated carbocycles. The molecule has 7 heteroatoms. The van der Waals surface area contributed by atoms with Crippen LogP contribution in [0.15, 0.2) is 0 Å². The lowest BCUT2D eigenvalue weighted by molar-refractivity contribution is -0.195. The van der Waals surface area contributed by atoms with Crippen molar-refractivity contribution in [1.29, 1.82) is 0 Å². The third kappa shape index (κ3) is 1.96. The number of carbonyl (C=O) groups is 1. The summed E-state index contributed by atoms with van der Waals surface area (Å²) in [6.45, 7) is 5.43. The first-order valence-corrected chi connectivity index (χ1v) is 6.52. The number of hydrogen-bond donors (Lipinski definition) is 3. The van der Waals surface area contributed by atoms with Crippen molar-refractivity contribution < 1.29 is 24.1 Å². The van der Waals surface area contributed by atoms with E-state index >= 15 is 0 Å². The number of amides is 1. The van der Waals surface area contributed by atoms with Crippen LogP contribution >= 0.6 is 0 Å². The number of hydrogen-bond acceptors (Lipinski definition) is 6. The number of fused-ring (bicyclic) bond motifs is 4. The zero-order chi connectivity index (χ0) is 13.8. The van der Waals surface area contributed by atoms with E-state index in [-0.39, 0.29) is 30.9 Å². The molecule has 108 valence electrons. The summed E-state index contributed by atoms with van der Waals surface area (Å²) in [5.74, 6) is -0.895. The molecule has 0 aromatic heterocycles. The van der Waals surface area contributed by atoms with Crippen molar-refractivity contribution in [1.82, 2.24) is 10.6 Å². The Kier molecular flexibility index (Phi) is 2.88. The Bertz CT molecular complexity index is 402. The molecule has 3 saturated heterocycles. The third-order valence-corrected chi connectivity index (χ3v) is 3.93. The van der Waals surface area contributed by atoms with E-state index in [0.29, 0.717) is 6.54 Å². The Morgan fingerprint density at radius 1 is 1.42 bits per heavy atom. The summed E-state index contributed by atoms with van der Waals surface area (Å²) in [4.78, 5) is 11.3. The van der Waals surface area contributed by atoms with E-state index in [1.54, 1.807) is 0 Å². The van der Waals surface area contributed by atoms with Crippen LogP contribution in [0.1, 0.15) is 20.8 Å². The van der Waals surface area contributed by atoms with Gasteiger partial charge in [-0.3, -0.25) is 10.1 Å². The maximum absolute atomic E-state index is 11.3. The summed E-state index contributed by atoms with van der Waals surface area (Å²) < 4.78 is 17.7. The topological polar surface area (TPSA) is 89.1 Å². The first kappa shape index (κ1) is 13.3. The summed E-state index contributed by atoms with van der Waals surface area (Å²) in [7, 11) is 0. The molecule has 0 aliphatic carbocycles. The van der Waals surface area contributed by atoms with Crippen molar-refractivity contribution in [3.05, 3.63) is 0 Å². The van der Waals surface area contributed by atoms with Crippen LogP contribution in [0.5, 0.6) is 0 Å². The van der Waals surface area contributed by atoms with E-state index in [4.69, 9.17) is 14.2 Å². The second-order valence-electron chi connectivity index (χ2n) is 5.89. The van der Waals surface area contributed by atoms with Gasteiger partial charge in [-0.15, -0.1) is 0 Å². The minimum atomic E-state index is -0.794. The number of carbonyl (C=O) groups excluding carboxylic acids is 1. The molecule has 0 aromatic rings. The van der Waals surface area contributed by atoms with Crippen LogP contribution in [0.2, 0.25) is 0 Å². The quantitative estimate of drug-likeness (QED) is 0.579. The zero-order valence-corrected chi connectivity index (χ0v) is 11.3. The summed E-state index contributed by atoms with van der Waals surface area (Å²) in [5.41, 5.74) is -0.794. The fraction of sp³-hybridized carbons (Fsp3) is 0.917. The highest BCUT2D eigenvalue weighted by Crippen LogP contribution is 2.44. The van der Waals surface area contributed by atoms with Gasteiger partial charge in [0.2, 0.25) is 5.91 Å². The summed E-state index contributed by atoms with van der Waals surface area (Å²) in [6.07, 6.45) is -1.11. The van der Waals surface area contributed by atoms with Gasteiger partial charge in [-0.1, -0.05) is 0 Å². The maximum atomic E-state index is 11.3. The molecule has 3 aliphatic heterocycles. The molecule has 1 amide bonds. The lowest BCUT2D eigenvalue weighted by Gasteiger charge is -2.42. The smallest absolute Gasteiger partial charge is 0.217 e. The highest BCUT2D eigenvalue weighted by molar-refractivity contribution is 5.73. The normalized spacial score (nSPS) is 46.9. The van der Waals surface area contributed by atoms with Gasteiger partial charge in [0.1, 0.15) is 24.0 Å². The van der Waals surface area contributed by atoms with Crippen molar-refractivity contribution in [2.24, 2.45) is 0 Å². The maximum Gasteiger partial charge on any atom is 0.217 e. The number of aliphatic hydroxyl groups is 1. The van der Waals surface area contributed by atoms with Crippen LogP contribution in [-0.4, -0.2) is 60.0 Å². The fourth-order valence-electron chi connectivity index (χ4n) is 3.18. The van der Waals surface area contributed by atoms with Gasteiger partial charge in [-0.2, -0.15) is 0 Å². The monoisotopic (exact) mass is 272 g/mol. The molecule has 3 aliphatic rings. The first-order chi connectivity index (χ1) is 8.87. The summed E-state index contributed by atoms with van der Waals surface area (Å²) >= 11 is 0. The molecule has 2 unspecified atom stereocenters. The van der Waals surface area contributed by atoms with Crippen molar-refractivity contribution in [2.45, 2.75) is 56.6 Å². The Labute approximate surface area is 111 Å². The molecule has 0 spiro atoms. The average Bonchev–Trinajstić information content (AvgIpc) is 2.85. The van der Waals surface area contributed by atoms with Gasteiger partial charge in [0.25, 0.3) is 0 Å². The van der Waals surface area contributed by atoms with E-state index in [1.807, 2.05) is 13.8 Å². The van der Waals surface area contributed by atoms with Gasteiger partial charge in [0, 0.05) is 13.5 Å². The Morgan fingerprint density at radius 2 is 2.16 bits per heavy atom. The largest absolute Gasteiger partial charge is 0.393 e. The van der Waals surface area contributed by atoms with Crippen molar-refractivity contribution in [2.75, 3.05) is 13.2 Å². The lowest BCUT2D eigenvalue weighted by Crippen LogP contribution is -2.65. The van der Waals surface area contributed by atoms with Gasteiger partial charge in [-0.05, 0) is 13.8 Å². The van der Waals surface area contributed by atoms with Gasteiger partial charge in [-0.25, -0.2) is 0 Å². The van der Waals surface area contributed by atoms with Crippen LogP contribution in [0.4, 0.5) is 0 Å². The Balaban J connectivity index is 1.92. The minimum absolute atomic E-state index is 0.147. The van der Waals surface area contributed by atoms with Crippen LogP contribution in [0, 0.1) is 0 Å². The molecular formula is C12H20N2O5. The number of aliphatic hydroxyl groups excluding tert-OH is 1. The first-order valence-electron chi connectivity index (χ1n) is 6.52. The van der Waals surface area contributed by atoms with E-state index in [1.165, 1.54) is 6.92 Å². The molecule has 3 rings (SSSR count). The minimum Gasteiger partial charge on any atom is -0.393 e. The number of rotatable bonds is 2. The van der Waals surface area contributed by atoms with Crippen molar-refractivity contribution in [3.8, 4) is 0 Å². The Morgan fingerprint density at radius 3 is 2.79 bits per heavy atom. The SMILES string of the molecule is CC(=O)N[C@@H]1C2NCC(CO)(O2)[C@@H]2OC(C)(C)O[C@H]12. The van der Waals surface area contributed by atoms with Crippen LogP contribution < -0.4 is 10.6 Å². The van der Waals surface area contributed by atoms with Gasteiger partial charge >= 0.3 is 0 Å². The summed E-state index contributed by atoms with van der Waals surface area (Å²) in [5, 5.41) is 15.7. The van der Waals surface area contributed by atoms with E-state index in [9.17, 15) is 9.90 Å².